The number of halogens is 1. The van der Waals surface area contributed by atoms with E-state index < -0.39 is 56.1 Å². The first-order valence-corrected chi connectivity index (χ1v) is 20.3. The van der Waals surface area contributed by atoms with Gasteiger partial charge in [0, 0.05) is 0 Å². The number of hydrogen-bond donors (Lipinski definition) is 5. The molecule has 0 radical (unpaired) electrons. The Hall–Kier alpha value is 0.190. The molecule has 8 heteroatoms. The Morgan fingerprint density at radius 2 is 1.67 bits per heavy atom. The van der Waals surface area contributed by atoms with Crippen LogP contribution in [0.15, 0.2) is 11.6 Å². The predicted molar refractivity (Wildman–Crippen MR) is 174 cm³/mol. The van der Waals surface area contributed by atoms with E-state index in [4.69, 9.17) is 9.47 Å². The second-order valence-corrected chi connectivity index (χ2v) is 23.2. The van der Waals surface area contributed by atoms with Crippen LogP contribution in [0.5, 0.6) is 0 Å². The Balaban J connectivity index is 1.34. The molecule has 5 aliphatic rings. The molecule has 42 heavy (non-hydrogen) atoms. The molecule has 5 N–H and O–H groups in total. The normalized spacial score (nSPS) is 50.7. The van der Waals surface area contributed by atoms with Crippen molar-refractivity contribution in [1.82, 2.24) is 0 Å². The average molecular weight is 707 g/mol. The van der Waals surface area contributed by atoms with E-state index in [0.29, 0.717) is 15.8 Å². The molecule has 7 nitrogen and oxygen atoms in total. The summed E-state index contributed by atoms with van der Waals surface area (Å²) in [5.41, 5.74) is 0.456. The topological polar surface area (TPSA) is 120 Å². The molecule has 5 rings (SSSR count). The summed E-state index contributed by atoms with van der Waals surface area (Å²) in [6, 6.07) is 0. The summed E-state index contributed by atoms with van der Waals surface area (Å²) >= 11 is -1.63. The molecule has 2 saturated carbocycles. The van der Waals surface area contributed by atoms with Crippen molar-refractivity contribution in [1.29, 1.82) is 0 Å². The van der Waals surface area contributed by atoms with Gasteiger partial charge in [-0.1, -0.05) is 0 Å². The third-order valence-corrected chi connectivity index (χ3v) is 22.4. The Labute approximate surface area is 261 Å². The quantitative estimate of drug-likeness (QED) is 0.115. The third kappa shape index (κ3) is 5.47. The zero-order valence-corrected chi connectivity index (χ0v) is 29.4. The molecule has 5 fully saturated rings. The number of fused-ring (bicyclic) bond motifs is 5. The first kappa shape index (κ1) is 33.6. The van der Waals surface area contributed by atoms with Gasteiger partial charge in [-0.05, 0) is 0 Å². The van der Waals surface area contributed by atoms with E-state index in [1.54, 1.807) is 6.92 Å². The maximum absolute atomic E-state index is 11.9. The van der Waals surface area contributed by atoms with E-state index in [9.17, 15) is 25.5 Å². The van der Waals surface area contributed by atoms with Crippen molar-refractivity contribution in [3.05, 3.63) is 11.6 Å². The SMILES string of the molecule is CC(C)=CCC[C@](C)(O)C1CCI2C1C(O)CC1C3(C)CCC(OC4OC(C)C(O)C(O)C4O)C(C)(C)C3CCC12C. The van der Waals surface area contributed by atoms with Gasteiger partial charge in [0.05, 0.1) is 0 Å². The van der Waals surface area contributed by atoms with E-state index in [0.717, 1.165) is 44.9 Å². The molecule has 0 aromatic rings. The molecular formula is C34H59IO7. The van der Waals surface area contributed by atoms with Gasteiger partial charge in [0.1, 0.15) is 0 Å². The third-order valence-electron chi connectivity index (χ3n) is 12.7. The molecule has 3 saturated heterocycles. The van der Waals surface area contributed by atoms with Crippen LogP contribution >= 0.6 is 19.8 Å². The van der Waals surface area contributed by atoms with Crippen LogP contribution < -0.4 is 0 Å². The molecule has 13 unspecified atom stereocenters. The molecule has 0 spiro atoms. The van der Waals surface area contributed by atoms with Crippen LogP contribution in [0, 0.1) is 28.6 Å². The van der Waals surface area contributed by atoms with E-state index >= 15 is 0 Å². The van der Waals surface area contributed by atoms with E-state index in [1.807, 2.05) is 6.92 Å². The van der Waals surface area contributed by atoms with Gasteiger partial charge >= 0.3 is 262 Å². The summed E-state index contributed by atoms with van der Waals surface area (Å²) in [6.45, 7) is 17.6. The number of aliphatic hydroxyl groups is 5. The van der Waals surface area contributed by atoms with E-state index in [1.165, 1.54) is 16.4 Å². The van der Waals surface area contributed by atoms with Gasteiger partial charge in [-0.25, -0.2) is 0 Å². The number of allylic oxidation sites excluding steroid dienone is 2. The Bertz CT molecular complexity index is 1010. The zero-order chi connectivity index (χ0) is 31.0. The summed E-state index contributed by atoms with van der Waals surface area (Å²) in [4.78, 5) is 0. The van der Waals surface area contributed by atoms with Crippen molar-refractivity contribution in [3.8, 4) is 0 Å². The molecule has 0 bridgehead atoms. The van der Waals surface area contributed by atoms with Gasteiger partial charge < -0.3 is 0 Å². The van der Waals surface area contributed by atoms with Gasteiger partial charge in [-0.3, -0.25) is 0 Å². The number of hydrogen-bond acceptors (Lipinski definition) is 7. The first-order valence-electron chi connectivity index (χ1n) is 16.5. The Morgan fingerprint density at radius 1 is 0.976 bits per heavy atom. The fourth-order valence-corrected chi connectivity index (χ4v) is 21.7. The summed E-state index contributed by atoms with van der Waals surface area (Å²) in [7, 11) is 0. The standard InChI is InChI=1S/C34H59IO7/c1-19(2)10-9-14-34(8,40)21-13-17-35-26(21)22(36)18-24-32(6)15-12-25(31(4,5)23(32)11-16-33(24,35)7)42-30-29(39)28(38)27(37)20(3)41-30/h10,20-30,36-40H,9,11-18H2,1-8H3/t20?,21?,22?,23?,24?,25?,26?,27?,28?,29?,30?,32?,33?,34-/m0/s1. The minimum atomic E-state index is -1.63. The Morgan fingerprint density at radius 3 is 2.33 bits per heavy atom. The second-order valence-electron chi connectivity index (χ2n) is 16.0. The second kappa shape index (κ2) is 11.8. The van der Waals surface area contributed by atoms with Crippen LogP contribution in [0.2, 0.25) is 0 Å². The summed E-state index contributed by atoms with van der Waals surface area (Å²) in [5, 5.41) is 54.8. The summed E-state index contributed by atoms with van der Waals surface area (Å²) in [5.74, 6) is 1.06. The molecule has 14 atom stereocenters. The van der Waals surface area contributed by atoms with Crippen molar-refractivity contribution in [3.63, 3.8) is 0 Å². The van der Waals surface area contributed by atoms with Crippen LogP contribution in [-0.4, -0.2) is 85.8 Å². The molecule has 0 aromatic heterocycles. The first-order chi connectivity index (χ1) is 19.4. The van der Waals surface area contributed by atoms with Gasteiger partial charge in [-0.15, -0.1) is 0 Å². The molecule has 3 aliphatic heterocycles. The van der Waals surface area contributed by atoms with Gasteiger partial charge in [-0.2, -0.15) is 0 Å². The monoisotopic (exact) mass is 706 g/mol. The van der Waals surface area contributed by atoms with Gasteiger partial charge in [0.2, 0.25) is 0 Å². The summed E-state index contributed by atoms with van der Waals surface area (Å²) < 4.78 is 14.1. The van der Waals surface area contributed by atoms with Crippen molar-refractivity contribution < 1.29 is 35.0 Å². The zero-order valence-electron chi connectivity index (χ0n) is 27.2. The molecule has 0 aromatic carbocycles. The van der Waals surface area contributed by atoms with Crippen LogP contribution in [0.4, 0.5) is 0 Å². The average Bonchev–Trinajstić information content (AvgIpc) is 3.37. The van der Waals surface area contributed by atoms with Crippen molar-refractivity contribution in [2.45, 2.75) is 163 Å². The van der Waals surface area contributed by atoms with Gasteiger partial charge in [0.25, 0.3) is 0 Å². The Kier molecular flexibility index (Phi) is 9.40. The van der Waals surface area contributed by atoms with Crippen molar-refractivity contribution >= 4 is 19.8 Å². The van der Waals surface area contributed by atoms with Gasteiger partial charge in [0.15, 0.2) is 0 Å². The van der Waals surface area contributed by atoms with Crippen LogP contribution in [-0.2, 0) is 9.47 Å². The molecule has 0 amide bonds. The fourth-order valence-electron chi connectivity index (χ4n) is 10.3. The minimum absolute atomic E-state index is 0.0822. The number of ether oxygens (including phenoxy) is 2. The molecule has 3 heterocycles. The predicted octanol–water partition coefficient (Wildman–Crippen LogP) is 4.97. The number of aliphatic hydroxyl groups excluding tert-OH is 4. The van der Waals surface area contributed by atoms with Crippen molar-refractivity contribution in [2.24, 2.45) is 28.6 Å². The summed E-state index contributed by atoms with van der Waals surface area (Å²) in [6.07, 6.45) is 4.13. The van der Waals surface area contributed by atoms with Crippen LogP contribution in [0.1, 0.15) is 107 Å². The molecule has 244 valence electrons. The van der Waals surface area contributed by atoms with E-state index in [-0.39, 0.29) is 32.4 Å². The van der Waals surface area contributed by atoms with Crippen molar-refractivity contribution in [2.75, 3.05) is 4.43 Å². The van der Waals surface area contributed by atoms with Crippen LogP contribution in [0.25, 0.3) is 0 Å². The molecular weight excluding hydrogens is 647 g/mol. The molecule has 2 aliphatic carbocycles. The maximum atomic E-state index is 11.9. The number of alkyl halides is 3. The fraction of sp³-hybridized carbons (Fsp3) is 0.941. The number of rotatable bonds is 6. The van der Waals surface area contributed by atoms with Crippen LogP contribution in [0.3, 0.4) is 0 Å². The van der Waals surface area contributed by atoms with E-state index in [2.05, 4.69) is 47.6 Å².